The molecule has 0 bridgehead atoms. The first-order valence-electron chi connectivity index (χ1n) is 9.72. The van der Waals surface area contributed by atoms with Crippen LogP contribution in [0.1, 0.15) is 41.7 Å². The molecule has 0 spiro atoms. The van der Waals surface area contributed by atoms with Crippen molar-refractivity contribution in [1.82, 2.24) is 9.55 Å². The molecule has 2 heterocycles. The average molecular weight is 426 g/mol. The van der Waals surface area contributed by atoms with Crippen LogP contribution in [0.25, 0.3) is 6.08 Å². The smallest absolute Gasteiger partial charge is 0.332 e. The molecule has 0 aliphatic heterocycles. The summed E-state index contributed by atoms with van der Waals surface area (Å²) in [5, 5.41) is 23.0. The third kappa shape index (κ3) is 5.21. The number of imidazole rings is 1. The summed E-state index contributed by atoms with van der Waals surface area (Å²) in [6.07, 6.45) is 6.23. The minimum Gasteiger partial charge on any atom is -0.478 e. The number of benzene rings is 1. The van der Waals surface area contributed by atoms with Gasteiger partial charge < -0.3 is 9.67 Å². The van der Waals surface area contributed by atoms with Crippen molar-refractivity contribution in [3.63, 3.8) is 0 Å². The van der Waals surface area contributed by atoms with E-state index >= 15 is 0 Å². The molecule has 0 aliphatic carbocycles. The number of hydrogen-bond acceptors (Lipinski definition) is 5. The minimum atomic E-state index is -0.989. The summed E-state index contributed by atoms with van der Waals surface area (Å²) in [6.45, 7) is 2.34. The Morgan fingerprint density at radius 1 is 1.30 bits per heavy atom. The number of nitro benzene ring substituents is 1. The summed E-state index contributed by atoms with van der Waals surface area (Å²) in [7, 11) is 0. The van der Waals surface area contributed by atoms with E-state index in [2.05, 4.69) is 11.9 Å². The summed E-state index contributed by atoms with van der Waals surface area (Å²) in [4.78, 5) is 28.3. The van der Waals surface area contributed by atoms with Crippen molar-refractivity contribution in [2.45, 2.75) is 39.2 Å². The van der Waals surface area contributed by atoms with E-state index in [4.69, 9.17) is 0 Å². The molecule has 3 rings (SSSR count). The van der Waals surface area contributed by atoms with E-state index in [0.29, 0.717) is 17.7 Å². The van der Waals surface area contributed by atoms with Gasteiger partial charge in [0, 0.05) is 34.9 Å². The lowest BCUT2D eigenvalue weighted by molar-refractivity contribution is -0.385. The predicted octanol–water partition coefficient (Wildman–Crippen LogP) is 4.95. The Bertz CT molecular complexity index is 1050. The summed E-state index contributed by atoms with van der Waals surface area (Å²) < 4.78 is 1.88. The third-order valence-corrected chi connectivity index (χ3v) is 5.66. The number of carbonyl (C=O) groups is 1. The van der Waals surface area contributed by atoms with Crippen LogP contribution >= 0.6 is 11.3 Å². The van der Waals surface area contributed by atoms with E-state index in [1.807, 2.05) is 22.1 Å². The molecule has 2 aromatic heterocycles. The van der Waals surface area contributed by atoms with Crippen molar-refractivity contribution in [3.8, 4) is 0 Å². The summed E-state index contributed by atoms with van der Waals surface area (Å²) >= 11 is 1.51. The number of aryl methyl sites for hydroxylation is 1. The minimum absolute atomic E-state index is 0.0413. The van der Waals surface area contributed by atoms with E-state index in [-0.39, 0.29) is 17.8 Å². The number of carboxylic acids is 1. The van der Waals surface area contributed by atoms with Crippen LogP contribution in [-0.2, 0) is 24.2 Å². The Balaban J connectivity index is 2.01. The lowest BCUT2D eigenvalue weighted by Gasteiger charge is -2.12. The van der Waals surface area contributed by atoms with Crippen LogP contribution < -0.4 is 0 Å². The standard InChI is InChI=1S/C22H23N3O4S/c1-2-3-10-21-23-14-18(12-17(22(26)27)13-19-8-6-11-30-19)24(21)15-16-7-4-5-9-20(16)25(28)29/h4-9,11-12,14H,2-3,10,13,15H2,1H3,(H,26,27)/b17-12-. The maximum Gasteiger partial charge on any atom is 0.332 e. The second-order valence-electron chi connectivity index (χ2n) is 6.91. The van der Waals surface area contributed by atoms with Crippen LogP contribution in [0.4, 0.5) is 5.69 Å². The van der Waals surface area contributed by atoms with Crippen LogP contribution in [0.5, 0.6) is 0 Å². The molecule has 156 valence electrons. The second kappa shape index (κ2) is 9.98. The maximum atomic E-state index is 11.8. The molecule has 3 aromatic rings. The average Bonchev–Trinajstić information content (AvgIpc) is 3.36. The van der Waals surface area contributed by atoms with E-state index in [9.17, 15) is 20.0 Å². The van der Waals surface area contributed by atoms with Crippen molar-refractivity contribution in [1.29, 1.82) is 0 Å². The number of rotatable bonds is 10. The van der Waals surface area contributed by atoms with Gasteiger partial charge in [0.05, 0.1) is 23.4 Å². The van der Waals surface area contributed by atoms with Gasteiger partial charge >= 0.3 is 5.97 Å². The number of hydrogen-bond donors (Lipinski definition) is 1. The zero-order valence-electron chi connectivity index (χ0n) is 16.7. The molecule has 0 radical (unpaired) electrons. The van der Waals surface area contributed by atoms with Crippen molar-refractivity contribution < 1.29 is 14.8 Å². The first kappa shape index (κ1) is 21.4. The number of nitrogens with zero attached hydrogens (tertiary/aromatic N) is 3. The summed E-state index contributed by atoms with van der Waals surface area (Å²) in [5.41, 5.74) is 1.49. The number of aromatic nitrogens is 2. The number of carboxylic acid groups (broad SMARTS) is 1. The van der Waals surface area contributed by atoms with Gasteiger partial charge in [0.15, 0.2) is 0 Å². The molecule has 0 amide bonds. The number of para-hydroxylation sites is 1. The fraction of sp³-hybridized carbons (Fsp3) is 0.273. The SMILES string of the molecule is CCCCc1ncc(/C=C(/Cc2cccs2)C(=O)O)n1Cc1ccccc1[N+](=O)[O-]. The maximum absolute atomic E-state index is 11.8. The highest BCUT2D eigenvalue weighted by Gasteiger charge is 2.18. The Hall–Kier alpha value is -3.26. The molecule has 0 fully saturated rings. The molecule has 0 saturated carbocycles. The fourth-order valence-electron chi connectivity index (χ4n) is 3.22. The first-order chi connectivity index (χ1) is 14.5. The van der Waals surface area contributed by atoms with E-state index in [1.165, 1.54) is 17.4 Å². The molecule has 7 nitrogen and oxygen atoms in total. The van der Waals surface area contributed by atoms with Crippen molar-refractivity contribution in [3.05, 3.63) is 85.6 Å². The van der Waals surface area contributed by atoms with Gasteiger partial charge in [-0.1, -0.05) is 37.6 Å². The Morgan fingerprint density at radius 2 is 2.10 bits per heavy atom. The number of nitro groups is 1. The Labute approximate surface area is 178 Å². The molecule has 1 N–H and O–H groups in total. The Kier molecular flexibility index (Phi) is 7.13. The number of aliphatic carboxylic acids is 1. The van der Waals surface area contributed by atoms with Crippen LogP contribution in [-0.4, -0.2) is 25.6 Å². The summed E-state index contributed by atoms with van der Waals surface area (Å²) in [5.74, 6) is -0.195. The highest BCUT2D eigenvalue weighted by molar-refractivity contribution is 7.09. The van der Waals surface area contributed by atoms with Gasteiger partial charge in [-0.25, -0.2) is 9.78 Å². The first-order valence-corrected chi connectivity index (χ1v) is 10.6. The molecule has 0 atom stereocenters. The second-order valence-corrected chi connectivity index (χ2v) is 7.94. The van der Waals surface area contributed by atoms with Crippen molar-refractivity contribution in [2.75, 3.05) is 0 Å². The number of thiophene rings is 1. The van der Waals surface area contributed by atoms with Crippen molar-refractivity contribution >= 4 is 29.1 Å². The molecule has 30 heavy (non-hydrogen) atoms. The predicted molar refractivity (Wildman–Crippen MR) is 117 cm³/mol. The quantitative estimate of drug-likeness (QED) is 0.281. The topological polar surface area (TPSA) is 98.3 Å². The molecular formula is C22H23N3O4S. The van der Waals surface area contributed by atoms with Crippen molar-refractivity contribution in [2.24, 2.45) is 0 Å². The van der Waals surface area contributed by atoms with E-state index < -0.39 is 10.9 Å². The van der Waals surface area contributed by atoms with Gasteiger partial charge in [-0.05, 0) is 23.9 Å². The monoisotopic (exact) mass is 425 g/mol. The molecule has 8 heteroatoms. The Morgan fingerprint density at radius 3 is 2.77 bits per heavy atom. The highest BCUT2D eigenvalue weighted by Crippen LogP contribution is 2.23. The molecule has 0 saturated heterocycles. The van der Waals surface area contributed by atoms with Gasteiger partial charge in [-0.15, -0.1) is 11.3 Å². The molecule has 1 aromatic carbocycles. The van der Waals surface area contributed by atoms with E-state index in [0.717, 1.165) is 30.0 Å². The summed E-state index contributed by atoms with van der Waals surface area (Å²) in [6, 6.07) is 10.4. The lowest BCUT2D eigenvalue weighted by Crippen LogP contribution is -2.10. The van der Waals surface area contributed by atoms with Crippen LogP contribution in [0.3, 0.4) is 0 Å². The normalized spacial score (nSPS) is 11.6. The highest BCUT2D eigenvalue weighted by atomic mass is 32.1. The zero-order chi connectivity index (χ0) is 21.5. The number of unbranched alkanes of at least 4 members (excludes halogenated alkanes) is 1. The van der Waals surface area contributed by atoms with Gasteiger partial charge in [0.25, 0.3) is 5.69 Å². The largest absolute Gasteiger partial charge is 0.478 e. The fourth-order valence-corrected chi connectivity index (χ4v) is 3.95. The van der Waals surface area contributed by atoms with Gasteiger partial charge in [-0.3, -0.25) is 10.1 Å². The van der Waals surface area contributed by atoms with Crippen LogP contribution in [0, 0.1) is 10.1 Å². The van der Waals surface area contributed by atoms with Gasteiger partial charge in [-0.2, -0.15) is 0 Å². The lowest BCUT2D eigenvalue weighted by atomic mass is 10.1. The molecule has 0 aliphatic rings. The van der Waals surface area contributed by atoms with Gasteiger partial charge in [0.1, 0.15) is 5.82 Å². The van der Waals surface area contributed by atoms with Gasteiger partial charge in [0.2, 0.25) is 0 Å². The third-order valence-electron chi connectivity index (χ3n) is 4.78. The van der Waals surface area contributed by atoms with E-state index in [1.54, 1.807) is 30.5 Å². The molecule has 0 unspecified atom stereocenters. The van der Waals surface area contributed by atoms with Crippen LogP contribution in [0.15, 0.2) is 53.5 Å². The molecular weight excluding hydrogens is 402 g/mol. The zero-order valence-corrected chi connectivity index (χ0v) is 17.5. The van der Waals surface area contributed by atoms with Crippen LogP contribution in [0.2, 0.25) is 0 Å².